The number of nitrogens with zero attached hydrogens (tertiary/aromatic N) is 5. The molecule has 3 heterocycles. The van der Waals surface area contributed by atoms with Gasteiger partial charge in [-0.2, -0.15) is 9.36 Å². The first-order chi connectivity index (χ1) is 14.7. The van der Waals surface area contributed by atoms with Crippen LogP contribution in [0.1, 0.15) is 0 Å². The minimum absolute atomic E-state index is 0.239. The molecule has 0 radical (unpaired) electrons. The first-order valence-electron chi connectivity index (χ1n) is 9.00. The van der Waals surface area contributed by atoms with Crippen molar-refractivity contribution in [1.29, 1.82) is 0 Å². The third-order valence-electron chi connectivity index (χ3n) is 4.36. The average molecular weight is 418 g/mol. The van der Waals surface area contributed by atoms with Gasteiger partial charge in [0.05, 0.1) is 0 Å². The van der Waals surface area contributed by atoms with Crippen molar-refractivity contribution in [3.8, 4) is 16.5 Å². The Hall–Kier alpha value is -4.05. The molecular formula is C20H14N6O3S. The number of hydrogen-bond donors (Lipinski definition) is 1. The molecule has 1 N–H and O–H groups in total. The molecule has 1 amide bonds. The Bertz CT molecular complexity index is 1350. The molecule has 148 valence electrons. The fourth-order valence-corrected chi connectivity index (χ4v) is 3.60. The van der Waals surface area contributed by atoms with Gasteiger partial charge in [0, 0.05) is 11.3 Å². The van der Waals surface area contributed by atoms with E-state index in [0.717, 1.165) is 20.4 Å². The van der Waals surface area contributed by atoms with E-state index in [9.17, 15) is 9.59 Å². The summed E-state index contributed by atoms with van der Waals surface area (Å²) in [4.78, 5) is 29.1. The number of benzene rings is 2. The summed E-state index contributed by atoms with van der Waals surface area (Å²) in [6.07, 6.45) is 0. The summed E-state index contributed by atoms with van der Waals surface area (Å²) in [6, 6.07) is 18.2. The van der Waals surface area contributed by atoms with Crippen LogP contribution in [-0.4, -0.2) is 30.7 Å². The van der Waals surface area contributed by atoms with Crippen LogP contribution in [0.5, 0.6) is 0 Å². The van der Waals surface area contributed by atoms with E-state index in [1.54, 1.807) is 30.3 Å². The molecule has 10 heteroatoms. The standard InChI is InChI=1S/C20H14N6O3S/c27-17(12-25-20(28)26(24-23-25)18-6-3-11-30-18)21-14-9-7-13(8-10-14)19-22-15-4-1-2-5-16(15)29-19/h1-11H,12H2,(H,21,27). The number of amides is 1. The number of anilines is 1. The zero-order chi connectivity index (χ0) is 20.5. The predicted octanol–water partition coefficient (Wildman–Crippen LogP) is 2.94. The van der Waals surface area contributed by atoms with E-state index in [1.807, 2.05) is 35.7 Å². The highest BCUT2D eigenvalue weighted by molar-refractivity contribution is 7.12. The molecule has 0 saturated heterocycles. The van der Waals surface area contributed by atoms with Crippen molar-refractivity contribution >= 4 is 34.0 Å². The summed E-state index contributed by atoms with van der Waals surface area (Å²) >= 11 is 1.36. The Morgan fingerprint density at radius 1 is 1.03 bits per heavy atom. The van der Waals surface area contributed by atoms with Crippen molar-refractivity contribution in [2.24, 2.45) is 0 Å². The van der Waals surface area contributed by atoms with Crippen LogP contribution in [-0.2, 0) is 11.3 Å². The second-order valence-corrected chi connectivity index (χ2v) is 7.32. The topological polar surface area (TPSA) is 108 Å². The van der Waals surface area contributed by atoms with E-state index in [2.05, 4.69) is 20.7 Å². The summed E-state index contributed by atoms with van der Waals surface area (Å²) in [6.45, 7) is -0.239. The fraction of sp³-hybridized carbons (Fsp3) is 0.0500. The molecule has 0 saturated carbocycles. The van der Waals surface area contributed by atoms with Crippen molar-refractivity contribution in [2.75, 3.05) is 5.32 Å². The predicted molar refractivity (Wildman–Crippen MR) is 112 cm³/mol. The molecule has 0 aliphatic heterocycles. The molecule has 5 aromatic rings. The third kappa shape index (κ3) is 3.40. The number of aromatic nitrogens is 5. The van der Waals surface area contributed by atoms with E-state index < -0.39 is 5.69 Å². The van der Waals surface area contributed by atoms with Crippen molar-refractivity contribution in [2.45, 2.75) is 6.54 Å². The van der Waals surface area contributed by atoms with Crippen molar-refractivity contribution in [3.05, 3.63) is 76.5 Å². The highest BCUT2D eigenvalue weighted by Gasteiger charge is 2.13. The van der Waals surface area contributed by atoms with Gasteiger partial charge < -0.3 is 9.73 Å². The summed E-state index contributed by atoms with van der Waals surface area (Å²) in [5.74, 6) is 0.121. The van der Waals surface area contributed by atoms with Gasteiger partial charge in [0.1, 0.15) is 17.1 Å². The molecule has 2 aromatic carbocycles. The Balaban J connectivity index is 1.28. The Morgan fingerprint density at radius 3 is 2.63 bits per heavy atom. The van der Waals surface area contributed by atoms with Gasteiger partial charge in [-0.1, -0.05) is 12.1 Å². The van der Waals surface area contributed by atoms with Crippen LogP contribution in [0.15, 0.2) is 75.3 Å². The molecule has 0 aliphatic carbocycles. The van der Waals surface area contributed by atoms with Crippen molar-refractivity contribution in [1.82, 2.24) is 24.8 Å². The molecule has 5 rings (SSSR count). The van der Waals surface area contributed by atoms with Gasteiger partial charge in [0.2, 0.25) is 11.8 Å². The number of rotatable bonds is 5. The normalized spacial score (nSPS) is 11.1. The van der Waals surface area contributed by atoms with E-state index in [0.29, 0.717) is 22.2 Å². The minimum atomic E-state index is -0.473. The number of carbonyl (C=O) groups excluding carboxylic acids is 1. The number of thiophene rings is 1. The van der Waals surface area contributed by atoms with Gasteiger partial charge in [-0.3, -0.25) is 4.79 Å². The van der Waals surface area contributed by atoms with Gasteiger partial charge in [-0.05, 0) is 64.3 Å². The van der Waals surface area contributed by atoms with Gasteiger partial charge in [-0.25, -0.2) is 9.78 Å². The summed E-state index contributed by atoms with van der Waals surface area (Å²) in [5, 5.41) is 12.8. The number of carbonyl (C=O) groups is 1. The largest absolute Gasteiger partial charge is 0.436 e. The quantitative estimate of drug-likeness (QED) is 0.470. The first kappa shape index (κ1) is 18.0. The zero-order valence-corrected chi connectivity index (χ0v) is 16.2. The molecule has 0 atom stereocenters. The van der Waals surface area contributed by atoms with Crippen molar-refractivity contribution < 1.29 is 9.21 Å². The van der Waals surface area contributed by atoms with Crippen LogP contribution in [0.2, 0.25) is 0 Å². The second-order valence-electron chi connectivity index (χ2n) is 6.39. The Morgan fingerprint density at radius 2 is 1.87 bits per heavy atom. The second kappa shape index (κ2) is 7.41. The lowest BCUT2D eigenvalue weighted by molar-refractivity contribution is -0.117. The monoisotopic (exact) mass is 418 g/mol. The molecule has 0 spiro atoms. The van der Waals surface area contributed by atoms with E-state index in [4.69, 9.17) is 4.42 Å². The molecule has 3 aromatic heterocycles. The lowest BCUT2D eigenvalue weighted by atomic mass is 10.2. The highest BCUT2D eigenvalue weighted by atomic mass is 32.1. The van der Waals surface area contributed by atoms with Crippen LogP contribution in [0.4, 0.5) is 5.69 Å². The highest BCUT2D eigenvalue weighted by Crippen LogP contribution is 2.25. The van der Waals surface area contributed by atoms with E-state index in [1.165, 1.54) is 11.3 Å². The lowest BCUT2D eigenvalue weighted by Gasteiger charge is -2.05. The summed E-state index contributed by atoms with van der Waals surface area (Å²) in [5.41, 5.74) is 2.40. The van der Waals surface area contributed by atoms with Crippen LogP contribution in [0, 0.1) is 0 Å². The third-order valence-corrected chi connectivity index (χ3v) is 5.20. The molecule has 0 aliphatic rings. The Labute approximate surface area is 173 Å². The number of tetrazole rings is 1. The lowest BCUT2D eigenvalue weighted by Crippen LogP contribution is -2.29. The molecule has 0 unspecified atom stereocenters. The van der Waals surface area contributed by atoms with E-state index in [-0.39, 0.29) is 12.5 Å². The maximum atomic E-state index is 12.3. The van der Waals surface area contributed by atoms with Crippen LogP contribution >= 0.6 is 11.3 Å². The van der Waals surface area contributed by atoms with Gasteiger partial charge >= 0.3 is 5.69 Å². The number of nitrogens with one attached hydrogen (secondary N) is 1. The maximum Gasteiger partial charge on any atom is 0.369 e. The number of fused-ring (bicyclic) bond motifs is 1. The summed E-state index contributed by atoms with van der Waals surface area (Å²) < 4.78 is 7.92. The average Bonchev–Trinajstić information content (AvgIpc) is 3.49. The number of oxazole rings is 1. The molecule has 30 heavy (non-hydrogen) atoms. The van der Waals surface area contributed by atoms with Gasteiger partial charge in [0.25, 0.3) is 0 Å². The first-order valence-corrected chi connectivity index (χ1v) is 9.88. The smallest absolute Gasteiger partial charge is 0.369 e. The maximum absolute atomic E-state index is 12.3. The molecular weight excluding hydrogens is 404 g/mol. The number of para-hydroxylation sites is 2. The SMILES string of the molecule is O=C(Cn1nnn(-c2cccs2)c1=O)Nc1ccc(-c2nc3ccccc3o2)cc1. The van der Waals surface area contributed by atoms with E-state index >= 15 is 0 Å². The van der Waals surface area contributed by atoms with Crippen molar-refractivity contribution in [3.63, 3.8) is 0 Å². The zero-order valence-electron chi connectivity index (χ0n) is 15.4. The van der Waals surface area contributed by atoms with Gasteiger partial charge in [0.15, 0.2) is 5.58 Å². The molecule has 0 fully saturated rings. The van der Waals surface area contributed by atoms with Crippen LogP contribution in [0.3, 0.4) is 0 Å². The summed E-state index contributed by atoms with van der Waals surface area (Å²) in [7, 11) is 0. The molecule has 9 nitrogen and oxygen atoms in total. The van der Waals surface area contributed by atoms with Gasteiger partial charge in [-0.15, -0.1) is 11.3 Å². The minimum Gasteiger partial charge on any atom is -0.436 e. The molecule has 0 bridgehead atoms. The van der Waals surface area contributed by atoms with Crippen LogP contribution in [0.25, 0.3) is 27.6 Å². The van der Waals surface area contributed by atoms with Crippen LogP contribution < -0.4 is 11.0 Å². The number of hydrogen-bond acceptors (Lipinski definition) is 7. The fourth-order valence-electron chi connectivity index (χ4n) is 2.93. The Kier molecular flexibility index (Phi) is 4.45.